The van der Waals surface area contributed by atoms with Gasteiger partial charge in [-0.1, -0.05) is 42.0 Å². The molecule has 0 unspecified atom stereocenters. The van der Waals surface area contributed by atoms with E-state index in [1.807, 2.05) is 31.2 Å². The van der Waals surface area contributed by atoms with Gasteiger partial charge < -0.3 is 0 Å². The predicted octanol–water partition coefficient (Wildman–Crippen LogP) is 7.56. The van der Waals surface area contributed by atoms with Gasteiger partial charge in [0.15, 0.2) is 0 Å². The number of benzene rings is 3. The molecule has 5 rings (SSSR count). The summed E-state index contributed by atoms with van der Waals surface area (Å²) in [5, 5.41) is 39.3. The van der Waals surface area contributed by atoms with E-state index in [1.165, 1.54) is 18.2 Å². The number of nitriles is 4. The summed E-state index contributed by atoms with van der Waals surface area (Å²) in [4.78, 5) is 10.4. The van der Waals surface area contributed by atoms with Gasteiger partial charge in [-0.15, -0.1) is 0 Å². The van der Waals surface area contributed by atoms with E-state index >= 15 is 4.39 Å². The molecule has 0 N–H and O–H groups in total. The van der Waals surface area contributed by atoms with Gasteiger partial charge >= 0.3 is 0 Å². The maximum atomic E-state index is 16.8. The van der Waals surface area contributed by atoms with E-state index < -0.39 is 11.5 Å². The van der Waals surface area contributed by atoms with Gasteiger partial charge in [0.05, 0.1) is 49.1 Å². The first-order chi connectivity index (χ1) is 20.4. The Balaban J connectivity index is 1.97. The molecule has 0 aliphatic heterocycles. The van der Waals surface area contributed by atoms with Gasteiger partial charge in [0.2, 0.25) is 5.70 Å². The van der Waals surface area contributed by atoms with Crippen LogP contribution in [0.1, 0.15) is 44.5 Å². The fraction of sp³-hybridized carbons (Fsp3) is 0.0294. The van der Waals surface area contributed by atoms with E-state index in [1.54, 1.807) is 36.4 Å². The first kappa shape index (κ1) is 26.6. The molecule has 0 heterocycles. The number of halogens is 1. The van der Waals surface area contributed by atoms with Gasteiger partial charge in [0.1, 0.15) is 11.9 Å². The van der Waals surface area contributed by atoms with Gasteiger partial charge in [0.25, 0.3) is 11.4 Å². The van der Waals surface area contributed by atoms with Crippen molar-refractivity contribution in [2.75, 3.05) is 0 Å². The quantitative estimate of drug-likeness (QED) is 0.248. The normalized spacial score (nSPS) is 15.1. The molecule has 0 saturated heterocycles. The second-order valence-electron chi connectivity index (χ2n) is 9.18. The Morgan fingerprint density at radius 1 is 0.714 bits per heavy atom. The number of allylic oxidation sites excluding steroid dienone is 7. The van der Waals surface area contributed by atoms with Gasteiger partial charge in [0, 0.05) is 16.7 Å². The van der Waals surface area contributed by atoms with E-state index in [4.69, 9.17) is 19.7 Å². The number of fused-ring (bicyclic) bond motifs is 2. The number of rotatable bonds is 2. The minimum Gasteiger partial charge on any atom is -0.237 e. The Labute approximate surface area is 240 Å². The Kier molecular flexibility index (Phi) is 6.50. The van der Waals surface area contributed by atoms with Crippen LogP contribution in [0.5, 0.6) is 0 Å². The lowest BCUT2D eigenvalue weighted by molar-refractivity contribution is 0.621. The molecule has 190 valence electrons. The first-order valence-corrected chi connectivity index (χ1v) is 12.1. The van der Waals surface area contributed by atoms with Crippen molar-refractivity contribution in [3.8, 4) is 24.3 Å². The fourth-order valence-corrected chi connectivity index (χ4v) is 5.27. The third-order valence-electron chi connectivity index (χ3n) is 7.05. The molecule has 0 aromatic heterocycles. The Morgan fingerprint density at radius 3 is 1.74 bits per heavy atom. The second kappa shape index (κ2) is 10.3. The Hall–Kier alpha value is -7.02. The SMILES string of the molecule is [C-]#[N+]C1=C(c2ccc(C)cc2)/C(=C(/C#N)[N+]#[C-])c2cc3c(c(F)c21)C(C#N)=C(c1ccc(C#N)cc1)/C3=C(\C#N)[N+]#[C-]. The molecule has 3 aromatic rings. The van der Waals surface area contributed by atoms with Crippen molar-refractivity contribution in [1.82, 2.24) is 0 Å². The van der Waals surface area contributed by atoms with Crippen LogP contribution in [0, 0.1) is 77.8 Å². The maximum Gasteiger partial charge on any atom is 0.270 e. The van der Waals surface area contributed by atoms with E-state index in [-0.39, 0.29) is 61.5 Å². The zero-order chi connectivity index (χ0) is 30.1. The van der Waals surface area contributed by atoms with Crippen molar-refractivity contribution in [2.45, 2.75) is 6.92 Å². The largest absolute Gasteiger partial charge is 0.270 e. The second-order valence-corrected chi connectivity index (χ2v) is 9.18. The van der Waals surface area contributed by atoms with Crippen LogP contribution in [0.25, 0.3) is 48.1 Å². The predicted molar refractivity (Wildman–Crippen MR) is 153 cm³/mol. The molecule has 2 aliphatic carbocycles. The summed E-state index contributed by atoms with van der Waals surface area (Å²) in [6, 6.07) is 22.3. The lowest BCUT2D eigenvalue weighted by Gasteiger charge is -2.13. The molecule has 0 bridgehead atoms. The van der Waals surface area contributed by atoms with Gasteiger partial charge in [-0.25, -0.2) is 29.4 Å². The average Bonchev–Trinajstić information content (AvgIpc) is 3.52. The van der Waals surface area contributed by atoms with Crippen LogP contribution in [0.15, 0.2) is 66.0 Å². The Bertz CT molecular complexity index is 2160. The maximum absolute atomic E-state index is 16.8. The highest BCUT2D eigenvalue weighted by molar-refractivity contribution is 6.29. The van der Waals surface area contributed by atoms with Gasteiger partial charge in [-0.05, 0) is 64.1 Å². The molecule has 8 heteroatoms. The molecular weight excluding hydrogens is 525 g/mol. The number of hydrogen-bond acceptors (Lipinski definition) is 4. The molecule has 0 radical (unpaired) electrons. The minimum atomic E-state index is -0.935. The molecule has 0 fully saturated rings. The van der Waals surface area contributed by atoms with Crippen LogP contribution in [0.2, 0.25) is 0 Å². The molecule has 42 heavy (non-hydrogen) atoms. The highest BCUT2D eigenvalue weighted by atomic mass is 19.1. The first-order valence-electron chi connectivity index (χ1n) is 12.1. The standard InChI is InChI=1S/C34H12FN7/c1-18-5-9-21(10-6-18)28-31(26(17-39)41-3)23-13-22-29(33(35)32(23)34(28)42-4)24(15-37)27(30(22)25(16-38)40-2)20-11-7-19(14-36)8-12-20/h5-13H,1H3/b30-25+,31-26-. The summed E-state index contributed by atoms with van der Waals surface area (Å²) in [6.45, 7) is 25.2. The van der Waals surface area contributed by atoms with Crippen LogP contribution in [0.3, 0.4) is 0 Å². The zero-order valence-corrected chi connectivity index (χ0v) is 21.7. The third kappa shape index (κ3) is 3.74. The Morgan fingerprint density at radius 2 is 1.24 bits per heavy atom. The molecule has 7 nitrogen and oxygen atoms in total. The van der Waals surface area contributed by atoms with E-state index in [2.05, 4.69) is 14.5 Å². The van der Waals surface area contributed by atoms with Crippen molar-refractivity contribution in [2.24, 2.45) is 0 Å². The molecular formula is C34H12FN7. The van der Waals surface area contributed by atoms with E-state index in [0.717, 1.165) is 5.56 Å². The number of hydrogen-bond donors (Lipinski definition) is 0. The molecule has 0 spiro atoms. The molecule has 0 amide bonds. The molecule has 3 aromatic carbocycles. The third-order valence-corrected chi connectivity index (χ3v) is 7.05. The summed E-state index contributed by atoms with van der Waals surface area (Å²) in [6.07, 6.45) is 0. The van der Waals surface area contributed by atoms with Crippen molar-refractivity contribution in [3.63, 3.8) is 0 Å². The topological polar surface area (TPSA) is 108 Å². The van der Waals surface area contributed by atoms with Crippen molar-refractivity contribution >= 4 is 33.6 Å². The van der Waals surface area contributed by atoms with Crippen LogP contribution in [-0.4, -0.2) is 0 Å². The average molecular weight is 538 g/mol. The smallest absolute Gasteiger partial charge is 0.237 e. The monoisotopic (exact) mass is 537 g/mol. The fourth-order valence-electron chi connectivity index (χ4n) is 5.27. The van der Waals surface area contributed by atoms with Crippen molar-refractivity contribution in [3.05, 3.63) is 151 Å². The minimum absolute atomic E-state index is 0.0132. The summed E-state index contributed by atoms with van der Waals surface area (Å²) in [5.74, 6) is -0.935. The summed E-state index contributed by atoms with van der Waals surface area (Å²) in [7, 11) is 0. The summed E-state index contributed by atoms with van der Waals surface area (Å²) in [5.41, 5.74) is 1.32. The number of aryl methyl sites for hydroxylation is 1. The number of nitrogens with zero attached hydrogens (tertiary/aromatic N) is 7. The van der Waals surface area contributed by atoms with E-state index in [9.17, 15) is 21.0 Å². The van der Waals surface area contributed by atoms with Crippen molar-refractivity contribution < 1.29 is 4.39 Å². The van der Waals surface area contributed by atoms with Crippen molar-refractivity contribution in [1.29, 1.82) is 21.0 Å². The van der Waals surface area contributed by atoms with Gasteiger partial charge in [-0.3, -0.25) is 0 Å². The lowest BCUT2D eigenvalue weighted by Crippen LogP contribution is -1.99. The van der Waals surface area contributed by atoms with Crippen LogP contribution in [-0.2, 0) is 0 Å². The lowest BCUT2D eigenvalue weighted by atomic mass is 9.90. The zero-order valence-electron chi connectivity index (χ0n) is 21.7. The van der Waals surface area contributed by atoms with Crippen LogP contribution < -0.4 is 0 Å². The molecule has 0 atom stereocenters. The highest BCUT2D eigenvalue weighted by Gasteiger charge is 2.40. The summed E-state index contributed by atoms with van der Waals surface area (Å²) >= 11 is 0. The highest BCUT2D eigenvalue weighted by Crippen LogP contribution is 2.56. The van der Waals surface area contributed by atoms with Crippen LogP contribution in [0.4, 0.5) is 4.39 Å². The van der Waals surface area contributed by atoms with E-state index in [0.29, 0.717) is 16.7 Å². The molecule has 2 aliphatic rings. The van der Waals surface area contributed by atoms with Crippen LogP contribution >= 0.6 is 0 Å². The summed E-state index contributed by atoms with van der Waals surface area (Å²) < 4.78 is 16.8. The van der Waals surface area contributed by atoms with Gasteiger partial charge in [-0.2, -0.15) is 10.5 Å². The molecule has 0 saturated carbocycles.